The Labute approximate surface area is 139 Å². The summed E-state index contributed by atoms with van der Waals surface area (Å²) in [5, 5.41) is 8.55. The molecule has 1 aliphatic heterocycles. The molecule has 3 heterocycles. The predicted octanol–water partition coefficient (Wildman–Crippen LogP) is 2.30. The van der Waals surface area contributed by atoms with E-state index in [1.807, 2.05) is 48.2 Å². The van der Waals surface area contributed by atoms with Crippen LogP contribution < -0.4 is 0 Å². The number of benzene rings is 1. The molecule has 2 aromatic heterocycles. The van der Waals surface area contributed by atoms with Crippen LogP contribution in [0.4, 0.5) is 0 Å². The van der Waals surface area contributed by atoms with Gasteiger partial charge in [0, 0.05) is 36.6 Å². The Hall–Kier alpha value is -3.02. The Morgan fingerprint density at radius 2 is 1.92 bits per heavy atom. The average molecular weight is 319 g/mol. The lowest BCUT2D eigenvalue weighted by Crippen LogP contribution is -2.38. The van der Waals surface area contributed by atoms with Gasteiger partial charge in [0.1, 0.15) is 0 Å². The number of aromatic nitrogens is 4. The lowest BCUT2D eigenvalue weighted by Gasteiger charge is -2.28. The van der Waals surface area contributed by atoms with Crippen molar-refractivity contribution in [1.82, 2.24) is 24.6 Å². The minimum absolute atomic E-state index is 0.0344. The van der Waals surface area contributed by atoms with Crippen LogP contribution in [0, 0.1) is 6.92 Å². The van der Waals surface area contributed by atoms with Crippen LogP contribution in [-0.4, -0.2) is 37.1 Å². The number of fused-ring (bicyclic) bond motifs is 1. The van der Waals surface area contributed by atoms with Crippen LogP contribution in [0.3, 0.4) is 0 Å². The maximum atomic E-state index is 12.7. The van der Waals surface area contributed by atoms with Gasteiger partial charge < -0.3 is 9.47 Å². The van der Waals surface area contributed by atoms with Gasteiger partial charge in [0.15, 0.2) is 11.6 Å². The maximum absolute atomic E-state index is 12.7. The molecular weight excluding hydrogens is 302 g/mol. The Kier molecular flexibility index (Phi) is 3.57. The van der Waals surface area contributed by atoms with Gasteiger partial charge in [-0.2, -0.15) is 0 Å². The fourth-order valence-electron chi connectivity index (χ4n) is 2.92. The fraction of sp³-hybridized carbons (Fsp3) is 0.222. The highest BCUT2D eigenvalue weighted by Gasteiger charge is 2.25. The standard InChI is InChI=1S/C18H17N5O/c1-13-4-6-14(7-5-13)18(24)22-9-10-23-16(12-22)20-21-17(23)15-3-2-8-19-11-15/h2-8,11H,9-10,12H2,1H3. The molecule has 0 spiro atoms. The van der Waals surface area contributed by atoms with Gasteiger partial charge >= 0.3 is 0 Å². The summed E-state index contributed by atoms with van der Waals surface area (Å²) in [5.41, 5.74) is 2.79. The fourth-order valence-corrected chi connectivity index (χ4v) is 2.92. The zero-order valence-corrected chi connectivity index (χ0v) is 13.4. The number of carbonyl (C=O) groups is 1. The number of hydrogen-bond acceptors (Lipinski definition) is 4. The first-order valence-electron chi connectivity index (χ1n) is 7.91. The Morgan fingerprint density at radius 3 is 2.67 bits per heavy atom. The molecule has 0 fully saturated rings. The molecule has 0 saturated heterocycles. The van der Waals surface area contributed by atoms with E-state index in [1.165, 1.54) is 0 Å². The monoisotopic (exact) mass is 319 g/mol. The van der Waals surface area contributed by atoms with Crippen LogP contribution in [0.2, 0.25) is 0 Å². The summed E-state index contributed by atoms with van der Waals surface area (Å²) in [6.07, 6.45) is 3.51. The van der Waals surface area contributed by atoms with Gasteiger partial charge in [-0.3, -0.25) is 9.78 Å². The molecule has 120 valence electrons. The molecule has 4 rings (SSSR count). The van der Waals surface area contributed by atoms with Crippen molar-refractivity contribution < 1.29 is 4.79 Å². The third kappa shape index (κ3) is 2.56. The van der Waals surface area contributed by atoms with E-state index >= 15 is 0 Å². The SMILES string of the molecule is Cc1ccc(C(=O)N2CCn3c(nnc3-c3cccnc3)C2)cc1. The van der Waals surface area contributed by atoms with Gasteiger partial charge in [-0.25, -0.2) is 0 Å². The molecule has 6 nitrogen and oxygen atoms in total. The minimum Gasteiger partial charge on any atom is -0.329 e. The second kappa shape index (κ2) is 5.88. The summed E-state index contributed by atoms with van der Waals surface area (Å²) in [6, 6.07) is 11.5. The molecule has 0 aliphatic carbocycles. The number of amides is 1. The summed E-state index contributed by atoms with van der Waals surface area (Å²) < 4.78 is 2.07. The highest BCUT2D eigenvalue weighted by molar-refractivity contribution is 5.94. The third-order valence-corrected chi connectivity index (χ3v) is 4.26. The second-order valence-corrected chi connectivity index (χ2v) is 5.93. The quantitative estimate of drug-likeness (QED) is 0.727. The van der Waals surface area contributed by atoms with Crippen molar-refractivity contribution in [3.8, 4) is 11.4 Å². The normalized spacial score (nSPS) is 13.6. The number of nitrogens with zero attached hydrogens (tertiary/aromatic N) is 5. The molecule has 0 unspecified atom stereocenters. The Morgan fingerprint density at radius 1 is 1.08 bits per heavy atom. The van der Waals surface area contributed by atoms with Gasteiger partial charge in [0.2, 0.25) is 0 Å². The van der Waals surface area contributed by atoms with Gasteiger partial charge in [0.05, 0.1) is 6.54 Å². The highest BCUT2D eigenvalue weighted by atomic mass is 16.2. The summed E-state index contributed by atoms with van der Waals surface area (Å²) in [4.78, 5) is 18.6. The van der Waals surface area contributed by atoms with Crippen molar-refractivity contribution in [2.24, 2.45) is 0 Å². The zero-order chi connectivity index (χ0) is 16.5. The molecule has 24 heavy (non-hydrogen) atoms. The number of carbonyl (C=O) groups excluding carboxylic acids is 1. The van der Waals surface area contributed by atoms with Crippen LogP contribution in [0.15, 0.2) is 48.8 Å². The Bertz CT molecular complexity index is 870. The van der Waals surface area contributed by atoms with Crippen LogP contribution in [0.25, 0.3) is 11.4 Å². The van der Waals surface area contributed by atoms with E-state index in [0.717, 1.165) is 22.8 Å². The third-order valence-electron chi connectivity index (χ3n) is 4.26. The average Bonchev–Trinajstić information content (AvgIpc) is 3.05. The smallest absolute Gasteiger partial charge is 0.254 e. The van der Waals surface area contributed by atoms with Crippen molar-refractivity contribution in [1.29, 1.82) is 0 Å². The van der Waals surface area contributed by atoms with E-state index in [9.17, 15) is 4.79 Å². The first-order valence-corrected chi connectivity index (χ1v) is 7.91. The molecule has 0 bridgehead atoms. The summed E-state index contributed by atoms with van der Waals surface area (Å²) in [5.74, 6) is 1.65. The van der Waals surface area contributed by atoms with Gasteiger partial charge in [-0.05, 0) is 31.2 Å². The van der Waals surface area contributed by atoms with Gasteiger partial charge in [0.25, 0.3) is 5.91 Å². The van der Waals surface area contributed by atoms with Crippen molar-refractivity contribution >= 4 is 5.91 Å². The predicted molar refractivity (Wildman–Crippen MR) is 89.2 cm³/mol. The molecule has 0 N–H and O–H groups in total. The Balaban J connectivity index is 1.58. The number of rotatable bonds is 2. The molecule has 1 aliphatic rings. The van der Waals surface area contributed by atoms with E-state index in [1.54, 1.807) is 12.4 Å². The molecule has 0 radical (unpaired) electrons. The van der Waals surface area contributed by atoms with Crippen LogP contribution in [0.1, 0.15) is 21.7 Å². The van der Waals surface area contributed by atoms with Crippen molar-refractivity contribution in [2.75, 3.05) is 6.54 Å². The van der Waals surface area contributed by atoms with E-state index < -0.39 is 0 Å². The van der Waals surface area contributed by atoms with Crippen molar-refractivity contribution in [3.05, 3.63) is 65.7 Å². The molecule has 0 atom stereocenters. The molecule has 6 heteroatoms. The number of hydrogen-bond donors (Lipinski definition) is 0. The van der Waals surface area contributed by atoms with Crippen LogP contribution in [0.5, 0.6) is 0 Å². The van der Waals surface area contributed by atoms with E-state index in [4.69, 9.17) is 0 Å². The van der Waals surface area contributed by atoms with Gasteiger partial charge in [-0.1, -0.05) is 17.7 Å². The first-order chi connectivity index (χ1) is 11.7. The zero-order valence-electron chi connectivity index (χ0n) is 13.4. The van der Waals surface area contributed by atoms with Crippen LogP contribution in [-0.2, 0) is 13.1 Å². The maximum Gasteiger partial charge on any atom is 0.254 e. The second-order valence-electron chi connectivity index (χ2n) is 5.93. The lowest BCUT2D eigenvalue weighted by atomic mass is 10.1. The van der Waals surface area contributed by atoms with Gasteiger partial charge in [-0.15, -0.1) is 10.2 Å². The summed E-state index contributed by atoms with van der Waals surface area (Å²) in [7, 11) is 0. The van der Waals surface area contributed by atoms with E-state index in [-0.39, 0.29) is 5.91 Å². The van der Waals surface area contributed by atoms with E-state index in [0.29, 0.717) is 25.2 Å². The van der Waals surface area contributed by atoms with E-state index in [2.05, 4.69) is 19.7 Å². The molecule has 3 aromatic rings. The minimum atomic E-state index is 0.0344. The van der Waals surface area contributed by atoms with Crippen LogP contribution >= 0.6 is 0 Å². The topological polar surface area (TPSA) is 63.9 Å². The highest BCUT2D eigenvalue weighted by Crippen LogP contribution is 2.21. The lowest BCUT2D eigenvalue weighted by molar-refractivity contribution is 0.0708. The largest absolute Gasteiger partial charge is 0.329 e. The molecule has 0 saturated carbocycles. The molecule has 1 amide bonds. The summed E-state index contributed by atoms with van der Waals surface area (Å²) >= 11 is 0. The number of pyridine rings is 1. The molecule has 1 aromatic carbocycles. The molecular formula is C18H17N5O. The summed E-state index contributed by atoms with van der Waals surface area (Å²) in [6.45, 7) is 3.81. The van der Waals surface area contributed by atoms with Crippen molar-refractivity contribution in [2.45, 2.75) is 20.0 Å². The number of aryl methyl sites for hydroxylation is 1. The first kappa shape index (κ1) is 14.6. The van der Waals surface area contributed by atoms with Crippen molar-refractivity contribution in [3.63, 3.8) is 0 Å².